The Bertz CT molecular complexity index is 1040. The van der Waals surface area contributed by atoms with Gasteiger partial charge in [0.2, 0.25) is 10.0 Å². The molecule has 0 spiro atoms. The summed E-state index contributed by atoms with van der Waals surface area (Å²) in [5.74, 6) is -6.65. The molecule has 0 aromatic heterocycles. The predicted molar refractivity (Wildman–Crippen MR) is 102 cm³/mol. The van der Waals surface area contributed by atoms with Gasteiger partial charge in [0.05, 0.1) is 16.1 Å². The molecule has 0 aliphatic carbocycles. The Kier molecular flexibility index (Phi) is 7.57. The Hall–Kier alpha value is -2.92. The molecule has 2 aromatic carbocycles. The second-order valence-electron chi connectivity index (χ2n) is 5.96. The Labute approximate surface area is 171 Å². The summed E-state index contributed by atoms with van der Waals surface area (Å²) in [6, 6.07) is 6.38. The first kappa shape index (κ1) is 23.4. The van der Waals surface area contributed by atoms with E-state index in [2.05, 4.69) is 0 Å². The summed E-state index contributed by atoms with van der Waals surface area (Å²) in [5.41, 5.74) is -0.624. The van der Waals surface area contributed by atoms with E-state index in [9.17, 15) is 31.2 Å². The molecule has 2 rings (SSSR count). The third kappa shape index (κ3) is 5.16. The van der Waals surface area contributed by atoms with Gasteiger partial charge in [0.15, 0.2) is 24.1 Å². The minimum absolute atomic E-state index is 0.00527. The lowest BCUT2D eigenvalue weighted by Gasteiger charge is -2.18. The van der Waals surface area contributed by atoms with E-state index in [0.717, 1.165) is 6.07 Å². The summed E-state index contributed by atoms with van der Waals surface area (Å²) in [6.07, 6.45) is 0. The SMILES string of the molecule is CCN(CC)S(=O)(=O)c1ccc(C(=O)OCC(=O)Nc2ccc(F)c(F)c2F)cc1. The van der Waals surface area contributed by atoms with E-state index in [1.54, 1.807) is 13.8 Å². The summed E-state index contributed by atoms with van der Waals surface area (Å²) in [6.45, 7) is 3.15. The molecule has 7 nitrogen and oxygen atoms in total. The highest BCUT2D eigenvalue weighted by atomic mass is 32.2. The van der Waals surface area contributed by atoms with Crippen molar-refractivity contribution in [3.8, 4) is 0 Å². The highest BCUT2D eigenvalue weighted by Gasteiger charge is 2.22. The van der Waals surface area contributed by atoms with Crippen molar-refractivity contribution in [1.29, 1.82) is 0 Å². The number of benzene rings is 2. The summed E-state index contributed by atoms with van der Waals surface area (Å²) in [4.78, 5) is 23.8. The van der Waals surface area contributed by atoms with Crippen molar-refractivity contribution in [2.75, 3.05) is 25.0 Å². The number of amides is 1. The summed E-state index contributed by atoms with van der Waals surface area (Å²) in [5, 5.41) is 1.96. The van der Waals surface area contributed by atoms with Crippen molar-refractivity contribution in [2.45, 2.75) is 18.7 Å². The van der Waals surface area contributed by atoms with Crippen molar-refractivity contribution in [3.05, 3.63) is 59.4 Å². The largest absolute Gasteiger partial charge is 0.452 e. The standard InChI is InChI=1S/C19H19F3N2O5S/c1-3-24(4-2)30(27,28)13-7-5-12(6-8-13)19(26)29-11-16(25)23-15-10-9-14(20)17(21)18(15)22/h5-10H,3-4,11H2,1-2H3,(H,23,25). The van der Waals surface area contributed by atoms with Crippen LogP contribution in [0.15, 0.2) is 41.3 Å². The number of hydrogen-bond acceptors (Lipinski definition) is 5. The van der Waals surface area contributed by atoms with E-state index in [4.69, 9.17) is 4.74 Å². The smallest absolute Gasteiger partial charge is 0.338 e. The van der Waals surface area contributed by atoms with Crippen LogP contribution in [-0.2, 0) is 19.6 Å². The Morgan fingerprint density at radius 2 is 1.57 bits per heavy atom. The van der Waals surface area contributed by atoms with Crippen LogP contribution in [0.3, 0.4) is 0 Å². The predicted octanol–water partition coefficient (Wildman–Crippen LogP) is 2.93. The van der Waals surface area contributed by atoms with Gasteiger partial charge in [-0.2, -0.15) is 4.31 Å². The van der Waals surface area contributed by atoms with Gasteiger partial charge in [-0.15, -0.1) is 0 Å². The van der Waals surface area contributed by atoms with Crippen LogP contribution in [-0.4, -0.2) is 44.3 Å². The van der Waals surface area contributed by atoms with Gasteiger partial charge in [-0.25, -0.2) is 26.4 Å². The minimum atomic E-state index is -3.69. The molecule has 0 bridgehead atoms. The number of nitrogens with one attached hydrogen (secondary N) is 1. The third-order valence-electron chi connectivity index (χ3n) is 4.08. The topological polar surface area (TPSA) is 92.8 Å². The molecule has 0 saturated heterocycles. The number of carbonyl (C=O) groups is 2. The van der Waals surface area contributed by atoms with E-state index in [1.807, 2.05) is 5.32 Å². The molecule has 1 N–H and O–H groups in total. The fourth-order valence-corrected chi connectivity index (χ4v) is 3.96. The van der Waals surface area contributed by atoms with Crippen molar-refractivity contribution in [2.24, 2.45) is 0 Å². The van der Waals surface area contributed by atoms with Gasteiger partial charge in [-0.05, 0) is 36.4 Å². The number of sulfonamides is 1. The van der Waals surface area contributed by atoms with Gasteiger partial charge in [-0.3, -0.25) is 4.79 Å². The fourth-order valence-electron chi connectivity index (χ4n) is 2.50. The van der Waals surface area contributed by atoms with E-state index in [-0.39, 0.29) is 23.5 Å². The molecule has 0 unspecified atom stereocenters. The summed E-state index contributed by atoms with van der Waals surface area (Å²) in [7, 11) is -3.69. The number of anilines is 1. The number of halogens is 3. The molecule has 0 saturated carbocycles. The number of rotatable bonds is 8. The summed E-state index contributed by atoms with van der Waals surface area (Å²) >= 11 is 0. The van der Waals surface area contributed by atoms with Crippen LogP contribution in [0.1, 0.15) is 24.2 Å². The van der Waals surface area contributed by atoms with Crippen molar-refractivity contribution in [1.82, 2.24) is 4.31 Å². The lowest BCUT2D eigenvalue weighted by molar-refractivity contribution is -0.119. The van der Waals surface area contributed by atoms with Crippen LogP contribution in [0, 0.1) is 17.5 Å². The Morgan fingerprint density at radius 3 is 2.13 bits per heavy atom. The average molecular weight is 444 g/mol. The van der Waals surface area contributed by atoms with E-state index < -0.39 is 51.6 Å². The van der Waals surface area contributed by atoms with Crippen molar-refractivity contribution < 1.29 is 35.9 Å². The minimum Gasteiger partial charge on any atom is -0.452 e. The molecule has 0 heterocycles. The molecule has 11 heteroatoms. The van der Waals surface area contributed by atoms with Crippen LogP contribution in [0.4, 0.5) is 18.9 Å². The van der Waals surface area contributed by atoms with E-state index in [0.29, 0.717) is 6.07 Å². The van der Waals surface area contributed by atoms with Crippen LogP contribution in [0.25, 0.3) is 0 Å². The normalized spacial score (nSPS) is 11.4. The van der Waals surface area contributed by atoms with E-state index >= 15 is 0 Å². The molecule has 162 valence electrons. The van der Waals surface area contributed by atoms with E-state index in [1.165, 1.54) is 28.6 Å². The second kappa shape index (κ2) is 9.72. The maximum Gasteiger partial charge on any atom is 0.338 e. The van der Waals surface area contributed by atoms with Crippen LogP contribution < -0.4 is 5.32 Å². The zero-order chi connectivity index (χ0) is 22.5. The fraction of sp³-hybridized carbons (Fsp3) is 0.263. The lowest BCUT2D eigenvalue weighted by atomic mass is 10.2. The highest BCUT2D eigenvalue weighted by Crippen LogP contribution is 2.20. The average Bonchev–Trinajstić information content (AvgIpc) is 2.73. The number of esters is 1. The molecule has 0 fully saturated rings. The quantitative estimate of drug-likeness (QED) is 0.499. The summed E-state index contributed by atoms with van der Waals surface area (Å²) < 4.78 is 70.4. The van der Waals surface area contributed by atoms with Crippen LogP contribution in [0.2, 0.25) is 0 Å². The van der Waals surface area contributed by atoms with Gasteiger partial charge in [0.1, 0.15) is 0 Å². The van der Waals surface area contributed by atoms with Crippen LogP contribution >= 0.6 is 0 Å². The number of nitrogens with zero attached hydrogens (tertiary/aromatic N) is 1. The molecule has 0 atom stereocenters. The maximum absolute atomic E-state index is 13.5. The molecule has 0 aliphatic rings. The number of hydrogen-bond donors (Lipinski definition) is 1. The second-order valence-corrected chi connectivity index (χ2v) is 7.90. The molecule has 30 heavy (non-hydrogen) atoms. The molecule has 0 aliphatic heterocycles. The Morgan fingerprint density at radius 1 is 0.967 bits per heavy atom. The monoisotopic (exact) mass is 444 g/mol. The molecule has 0 radical (unpaired) electrons. The van der Waals surface area contributed by atoms with Crippen molar-refractivity contribution in [3.63, 3.8) is 0 Å². The van der Waals surface area contributed by atoms with Crippen molar-refractivity contribution >= 4 is 27.6 Å². The van der Waals surface area contributed by atoms with Gasteiger partial charge in [0.25, 0.3) is 5.91 Å². The first-order valence-electron chi connectivity index (χ1n) is 8.82. The van der Waals surface area contributed by atoms with Gasteiger partial charge >= 0.3 is 5.97 Å². The maximum atomic E-state index is 13.5. The molecular weight excluding hydrogens is 425 g/mol. The first-order chi connectivity index (χ1) is 14.1. The zero-order valence-corrected chi connectivity index (χ0v) is 16.9. The van der Waals surface area contributed by atoms with Crippen LogP contribution in [0.5, 0.6) is 0 Å². The number of ether oxygens (including phenoxy) is 1. The highest BCUT2D eigenvalue weighted by molar-refractivity contribution is 7.89. The van der Waals surface area contributed by atoms with Gasteiger partial charge < -0.3 is 10.1 Å². The van der Waals surface area contributed by atoms with Gasteiger partial charge in [-0.1, -0.05) is 13.8 Å². The zero-order valence-electron chi connectivity index (χ0n) is 16.1. The van der Waals surface area contributed by atoms with Gasteiger partial charge in [0, 0.05) is 13.1 Å². The number of carbonyl (C=O) groups excluding carboxylic acids is 2. The first-order valence-corrected chi connectivity index (χ1v) is 10.3. The molecular formula is C19H19F3N2O5S. The molecule has 1 amide bonds. The molecule has 2 aromatic rings. The Balaban J connectivity index is 2.00. The lowest BCUT2D eigenvalue weighted by Crippen LogP contribution is -2.30. The third-order valence-corrected chi connectivity index (χ3v) is 6.14.